The van der Waals surface area contributed by atoms with Gasteiger partial charge in [-0.1, -0.05) is 50.8 Å². The van der Waals surface area contributed by atoms with Gasteiger partial charge in [-0.2, -0.15) is 0 Å². The molecule has 6 unspecified atom stereocenters. The van der Waals surface area contributed by atoms with E-state index in [1.807, 2.05) is 18.2 Å². The summed E-state index contributed by atoms with van der Waals surface area (Å²) in [6, 6.07) is 8.20. The molecule has 6 atom stereocenters. The Morgan fingerprint density at radius 3 is 2.62 bits per heavy atom. The van der Waals surface area contributed by atoms with Crippen LogP contribution in [0.15, 0.2) is 35.9 Å². The third-order valence-electron chi connectivity index (χ3n) is 10.3. The van der Waals surface area contributed by atoms with Gasteiger partial charge in [0.1, 0.15) is 11.9 Å². The number of ketones is 1. The standard InChI is InChI=1S/C33H46O4/c1-3-4-5-6-21-36-26-12-7-23(8-13-26)9-18-32(35)37-31-17-16-30-29-14-10-24-22-25(34)11-15-27(24)28(29)19-20-33(30,31)2/h7-8,12-13,22,27-31H,3-6,9-11,14-21H2,1-2H3. The molecule has 0 aromatic heterocycles. The average molecular weight is 507 g/mol. The second-order valence-electron chi connectivity index (χ2n) is 12.5. The number of allylic oxidation sites excluding steroid dienone is 1. The van der Waals surface area contributed by atoms with Gasteiger partial charge in [0.15, 0.2) is 5.78 Å². The Balaban J connectivity index is 1.10. The van der Waals surface area contributed by atoms with Crippen LogP contribution in [0.25, 0.3) is 0 Å². The first kappa shape index (κ1) is 26.5. The van der Waals surface area contributed by atoms with Crippen molar-refractivity contribution in [1.82, 2.24) is 0 Å². The predicted molar refractivity (Wildman–Crippen MR) is 146 cm³/mol. The van der Waals surface area contributed by atoms with Crippen molar-refractivity contribution in [2.24, 2.45) is 29.1 Å². The topological polar surface area (TPSA) is 52.6 Å². The van der Waals surface area contributed by atoms with E-state index in [0.29, 0.717) is 30.5 Å². The maximum atomic E-state index is 12.9. The molecule has 3 saturated carbocycles. The highest BCUT2D eigenvalue weighted by molar-refractivity contribution is 5.91. The molecule has 0 aliphatic heterocycles. The largest absolute Gasteiger partial charge is 0.494 e. The van der Waals surface area contributed by atoms with E-state index >= 15 is 0 Å². The molecule has 1 aromatic carbocycles. The quantitative estimate of drug-likeness (QED) is 0.242. The second-order valence-corrected chi connectivity index (χ2v) is 12.5. The lowest BCUT2D eigenvalue weighted by Gasteiger charge is -2.53. The van der Waals surface area contributed by atoms with E-state index in [2.05, 4.69) is 26.0 Å². The van der Waals surface area contributed by atoms with E-state index in [0.717, 1.165) is 68.3 Å². The molecule has 5 rings (SSSR count). The molecule has 0 amide bonds. The number of esters is 1. The Kier molecular flexibility index (Phi) is 8.41. The lowest BCUT2D eigenvalue weighted by molar-refractivity contribution is -0.158. The number of hydrogen-bond donors (Lipinski definition) is 0. The molecule has 4 aliphatic rings. The first-order chi connectivity index (χ1) is 18.0. The fourth-order valence-electron chi connectivity index (χ4n) is 8.26. The van der Waals surface area contributed by atoms with Crippen molar-refractivity contribution in [1.29, 1.82) is 0 Å². The third kappa shape index (κ3) is 5.83. The zero-order valence-corrected chi connectivity index (χ0v) is 23.0. The van der Waals surface area contributed by atoms with E-state index in [4.69, 9.17) is 9.47 Å². The van der Waals surface area contributed by atoms with Gasteiger partial charge in [-0.3, -0.25) is 9.59 Å². The molecule has 3 fully saturated rings. The summed E-state index contributed by atoms with van der Waals surface area (Å²) in [7, 11) is 0. The molecule has 202 valence electrons. The maximum absolute atomic E-state index is 12.9. The van der Waals surface area contributed by atoms with Gasteiger partial charge >= 0.3 is 5.97 Å². The van der Waals surface area contributed by atoms with E-state index in [1.165, 1.54) is 44.1 Å². The van der Waals surface area contributed by atoms with Crippen molar-refractivity contribution in [3.63, 3.8) is 0 Å². The lowest BCUT2D eigenvalue weighted by Crippen LogP contribution is -2.48. The molecular weight excluding hydrogens is 460 g/mol. The second kappa shape index (κ2) is 11.7. The number of carbonyl (C=O) groups excluding carboxylic acids is 2. The van der Waals surface area contributed by atoms with Gasteiger partial charge in [-0.15, -0.1) is 0 Å². The first-order valence-electron chi connectivity index (χ1n) is 15.1. The fraction of sp³-hybridized carbons (Fsp3) is 0.697. The summed E-state index contributed by atoms with van der Waals surface area (Å²) in [5.74, 6) is 3.92. The van der Waals surface area contributed by atoms with Crippen LogP contribution in [0.4, 0.5) is 0 Å². The number of unbranched alkanes of at least 4 members (excludes halogenated alkanes) is 3. The predicted octanol–water partition coefficient (Wildman–Crippen LogP) is 7.63. The monoisotopic (exact) mass is 506 g/mol. The number of carbonyl (C=O) groups is 2. The summed E-state index contributed by atoms with van der Waals surface area (Å²) in [5, 5.41) is 0. The van der Waals surface area contributed by atoms with Gasteiger partial charge in [0.2, 0.25) is 0 Å². The minimum Gasteiger partial charge on any atom is -0.494 e. The fourth-order valence-corrected chi connectivity index (χ4v) is 8.26. The molecule has 1 aromatic rings. The Labute approximate surface area is 223 Å². The molecule has 0 bridgehead atoms. The van der Waals surface area contributed by atoms with Crippen molar-refractivity contribution in [2.75, 3.05) is 6.61 Å². The van der Waals surface area contributed by atoms with Crippen LogP contribution in [0.5, 0.6) is 5.75 Å². The van der Waals surface area contributed by atoms with E-state index < -0.39 is 0 Å². The SMILES string of the molecule is CCCCCCOc1ccc(CCC(=O)OC2CCC3C4CCC5=CC(=O)CCC5C4CCC23C)cc1. The first-order valence-corrected chi connectivity index (χ1v) is 15.1. The summed E-state index contributed by atoms with van der Waals surface area (Å²) in [6.45, 7) is 5.39. The van der Waals surface area contributed by atoms with E-state index in [-0.39, 0.29) is 17.5 Å². The molecule has 4 aliphatic carbocycles. The summed E-state index contributed by atoms with van der Waals surface area (Å²) in [6.07, 6.45) is 16.6. The van der Waals surface area contributed by atoms with Crippen molar-refractivity contribution >= 4 is 11.8 Å². The maximum Gasteiger partial charge on any atom is 0.306 e. The highest BCUT2D eigenvalue weighted by Crippen LogP contribution is 2.62. The van der Waals surface area contributed by atoms with Crippen LogP contribution in [0.2, 0.25) is 0 Å². The van der Waals surface area contributed by atoms with Crippen LogP contribution in [-0.2, 0) is 20.7 Å². The summed E-state index contributed by atoms with van der Waals surface area (Å²) in [5.41, 5.74) is 2.70. The molecule has 0 saturated heterocycles. The van der Waals surface area contributed by atoms with Gasteiger partial charge in [-0.05, 0) is 105 Å². The smallest absolute Gasteiger partial charge is 0.306 e. The van der Waals surface area contributed by atoms with Crippen LogP contribution in [0, 0.1) is 29.1 Å². The van der Waals surface area contributed by atoms with Gasteiger partial charge in [0.25, 0.3) is 0 Å². The normalized spacial score (nSPS) is 32.6. The van der Waals surface area contributed by atoms with Crippen molar-refractivity contribution in [2.45, 2.75) is 110 Å². The van der Waals surface area contributed by atoms with Crippen LogP contribution in [-0.4, -0.2) is 24.5 Å². The number of aryl methyl sites for hydroxylation is 1. The Hall–Kier alpha value is -2.10. The highest BCUT2D eigenvalue weighted by Gasteiger charge is 2.57. The Bertz CT molecular complexity index is 979. The van der Waals surface area contributed by atoms with Gasteiger partial charge in [0.05, 0.1) is 6.61 Å². The summed E-state index contributed by atoms with van der Waals surface area (Å²) in [4.78, 5) is 24.9. The van der Waals surface area contributed by atoms with Crippen molar-refractivity contribution < 1.29 is 19.1 Å². The number of hydrogen-bond acceptors (Lipinski definition) is 4. The summed E-state index contributed by atoms with van der Waals surface area (Å²) >= 11 is 0. The zero-order valence-electron chi connectivity index (χ0n) is 23.0. The number of ether oxygens (including phenoxy) is 2. The van der Waals surface area contributed by atoms with E-state index in [9.17, 15) is 9.59 Å². The molecule has 0 heterocycles. The molecular formula is C33H46O4. The van der Waals surface area contributed by atoms with Gasteiger partial charge in [0, 0.05) is 18.3 Å². The highest BCUT2D eigenvalue weighted by atomic mass is 16.5. The Morgan fingerprint density at radius 2 is 1.81 bits per heavy atom. The lowest BCUT2D eigenvalue weighted by atomic mass is 9.52. The van der Waals surface area contributed by atoms with Crippen LogP contribution >= 0.6 is 0 Å². The van der Waals surface area contributed by atoms with E-state index in [1.54, 1.807) is 0 Å². The molecule has 4 heteroatoms. The van der Waals surface area contributed by atoms with Crippen LogP contribution < -0.4 is 4.74 Å². The molecule has 4 nitrogen and oxygen atoms in total. The van der Waals surface area contributed by atoms with Gasteiger partial charge < -0.3 is 9.47 Å². The molecule has 0 spiro atoms. The summed E-state index contributed by atoms with van der Waals surface area (Å²) < 4.78 is 12.0. The zero-order chi connectivity index (χ0) is 25.8. The minimum atomic E-state index is -0.0510. The molecule has 0 radical (unpaired) electrons. The van der Waals surface area contributed by atoms with Crippen molar-refractivity contribution in [3.8, 4) is 5.75 Å². The van der Waals surface area contributed by atoms with Crippen LogP contribution in [0.3, 0.4) is 0 Å². The van der Waals surface area contributed by atoms with Gasteiger partial charge in [-0.25, -0.2) is 0 Å². The number of fused-ring (bicyclic) bond motifs is 5. The average Bonchev–Trinajstić information content (AvgIpc) is 3.23. The molecule has 37 heavy (non-hydrogen) atoms. The number of rotatable bonds is 10. The van der Waals surface area contributed by atoms with Crippen LogP contribution in [0.1, 0.15) is 103 Å². The Morgan fingerprint density at radius 1 is 0.973 bits per heavy atom. The van der Waals surface area contributed by atoms with Crippen molar-refractivity contribution in [3.05, 3.63) is 41.5 Å². The number of benzene rings is 1. The molecule has 0 N–H and O–H groups in total. The third-order valence-corrected chi connectivity index (χ3v) is 10.3. The minimum absolute atomic E-state index is 0.0510.